The van der Waals surface area contributed by atoms with Crippen molar-refractivity contribution in [3.8, 4) is 22.8 Å². The zero-order valence-electron chi connectivity index (χ0n) is 21.3. The SMILES string of the molecule is COc1cc(Cn2c(-c3ccc(OCCCC(=O)[O-])cc3)cc3ccccc32)ccc1CN1CCCC1. The molecule has 37 heavy (non-hydrogen) atoms. The number of aliphatic carboxylic acids is 1. The van der Waals surface area contributed by atoms with Crippen LogP contribution in [0, 0.1) is 0 Å². The smallest absolute Gasteiger partial charge is 0.123 e. The maximum Gasteiger partial charge on any atom is 0.123 e. The first-order valence-corrected chi connectivity index (χ1v) is 13.0. The largest absolute Gasteiger partial charge is 0.550 e. The quantitative estimate of drug-likeness (QED) is 0.277. The minimum Gasteiger partial charge on any atom is -0.550 e. The molecule has 5 rings (SSSR count). The highest BCUT2D eigenvalue weighted by Gasteiger charge is 2.16. The summed E-state index contributed by atoms with van der Waals surface area (Å²) in [6, 6.07) is 25.3. The van der Waals surface area contributed by atoms with Crippen molar-refractivity contribution in [2.75, 3.05) is 26.8 Å². The third-order valence-corrected chi connectivity index (χ3v) is 7.04. The normalized spacial score (nSPS) is 13.8. The lowest BCUT2D eigenvalue weighted by molar-refractivity contribution is -0.305. The Bertz CT molecular complexity index is 1350. The Morgan fingerprint density at radius 1 is 0.946 bits per heavy atom. The van der Waals surface area contributed by atoms with Crippen LogP contribution in [0.25, 0.3) is 22.2 Å². The molecule has 0 spiro atoms. The van der Waals surface area contributed by atoms with Crippen molar-refractivity contribution in [2.45, 2.75) is 38.8 Å². The van der Waals surface area contributed by atoms with Crippen molar-refractivity contribution < 1.29 is 19.4 Å². The highest BCUT2D eigenvalue weighted by Crippen LogP contribution is 2.31. The van der Waals surface area contributed by atoms with E-state index in [1.807, 2.05) is 12.1 Å². The number of likely N-dealkylation sites (tertiary alicyclic amines) is 1. The van der Waals surface area contributed by atoms with Crippen molar-refractivity contribution in [1.29, 1.82) is 0 Å². The van der Waals surface area contributed by atoms with Gasteiger partial charge < -0.3 is 23.9 Å². The molecule has 0 aliphatic carbocycles. The Morgan fingerprint density at radius 2 is 1.73 bits per heavy atom. The minimum atomic E-state index is -1.05. The van der Waals surface area contributed by atoms with Gasteiger partial charge in [-0.05, 0) is 92.4 Å². The fourth-order valence-electron chi connectivity index (χ4n) is 5.13. The van der Waals surface area contributed by atoms with E-state index in [4.69, 9.17) is 9.47 Å². The molecular weight excluding hydrogens is 464 g/mol. The highest BCUT2D eigenvalue weighted by atomic mass is 16.5. The lowest BCUT2D eigenvalue weighted by atomic mass is 10.1. The van der Waals surface area contributed by atoms with Crippen LogP contribution in [0.3, 0.4) is 0 Å². The fourth-order valence-corrected chi connectivity index (χ4v) is 5.13. The maximum atomic E-state index is 10.6. The topological polar surface area (TPSA) is 66.8 Å². The number of rotatable bonds is 11. The Morgan fingerprint density at radius 3 is 2.49 bits per heavy atom. The standard InChI is InChI=1S/C31H34N2O4/c1-36-30-19-23(10-11-26(30)22-32-16-4-5-17-32)21-33-28-8-3-2-7-25(28)20-29(33)24-12-14-27(15-13-24)37-18-6-9-31(34)35/h2-3,7-8,10-15,19-20H,4-6,9,16-18,21-22H2,1H3,(H,34,35)/p-1. The summed E-state index contributed by atoms with van der Waals surface area (Å²) < 4.78 is 13.8. The molecule has 6 heteroatoms. The van der Waals surface area contributed by atoms with Crippen molar-refractivity contribution in [1.82, 2.24) is 9.47 Å². The van der Waals surface area contributed by atoms with E-state index in [0.29, 0.717) is 13.0 Å². The molecule has 1 aliphatic heterocycles. The molecule has 6 nitrogen and oxygen atoms in total. The molecule has 4 aromatic rings. The molecular formula is C31H33N2O4-. The van der Waals surface area contributed by atoms with Crippen LogP contribution in [0.2, 0.25) is 0 Å². The van der Waals surface area contributed by atoms with Gasteiger partial charge >= 0.3 is 0 Å². The number of fused-ring (bicyclic) bond motifs is 1. The molecule has 1 aliphatic rings. The first-order valence-electron chi connectivity index (χ1n) is 13.0. The number of para-hydroxylation sites is 1. The molecule has 3 aromatic carbocycles. The molecule has 0 N–H and O–H groups in total. The number of aromatic nitrogens is 1. The van der Waals surface area contributed by atoms with E-state index >= 15 is 0 Å². The molecule has 0 radical (unpaired) electrons. The van der Waals surface area contributed by atoms with Gasteiger partial charge in [0.15, 0.2) is 0 Å². The average molecular weight is 498 g/mol. The highest BCUT2D eigenvalue weighted by molar-refractivity contribution is 5.87. The molecule has 2 heterocycles. The van der Waals surface area contributed by atoms with Gasteiger partial charge in [-0.1, -0.05) is 30.3 Å². The number of nitrogens with zero attached hydrogens (tertiary/aromatic N) is 2. The summed E-state index contributed by atoms with van der Waals surface area (Å²) in [7, 11) is 1.76. The molecule has 0 atom stereocenters. The van der Waals surface area contributed by atoms with E-state index in [0.717, 1.165) is 48.9 Å². The summed E-state index contributed by atoms with van der Waals surface area (Å²) >= 11 is 0. The Balaban J connectivity index is 1.39. The van der Waals surface area contributed by atoms with Gasteiger partial charge in [-0.25, -0.2) is 0 Å². The fraction of sp³-hybridized carbons (Fsp3) is 0.323. The summed E-state index contributed by atoms with van der Waals surface area (Å²) in [5.41, 5.74) is 5.83. The van der Waals surface area contributed by atoms with E-state index in [9.17, 15) is 9.90 Å². The van der Waals surface area contributed by atoms with Gasteiger partial charge in [0.1, 0.15) is 11.5 Å². The summed E-state index contributed by atoms with van der Waals surface area (Å²) in [5, 5.41) is 11.8. The second-order valence-corrected chi connectivity index (χ2v) is 9.65. The number of hydrogen-bond donors (Lipinski definition) is 0. The molecule has 1 saturated heterocycles. The van der Waals surface area contributed by atoms with E-state index < -0.39 is 5.97 Å². The number of carbonyl (C=O) groups is 1. The molecule has 1 fully saturated rings. The van der Waals surface area contributed by atoms with Crippen LogP contribution in [0.1, 0.15) is 36.8 Å². The predicted octanol–water partition coefficient (Wildman–Crippen LogP) is 4.87. The summed E-state index contributed by atoms with van der Waals surface area (Å²) in [6.07, 6.45) is 2.99. The molecule has 0 unspecified atom stereocenters. The second kappa shape index (κ2) is 11.5. The third kappa shape index (κ3) is 5.97. The molecule has 1 aromatic heterocycles. The number of ether oxygens (including phenoxy) is 2. The predicted molar refractivity (Wildman–Crippen MR) is 144 cm³/mol. The molecule has 0 saturated carbocycles. The van der Waals surface area contributed by atoms with Gasteiger partial charge in [0.2, 0.25) is 0 Å². The number of carboxylic acid groups (broad SMARTS) is 1. The molecule has 192 valence electrons. The second-order valence-electron chi connectivity index (χ2n) is 9.65. The Hall–Kier alpha value is -3.77. The lowest BCUT2D eigenvalue weighted by Crippen LogP contribution is -2.22. The first-order chi connectivity index (χ1) is 18.1. The van der Waals surface area contributed by atoms with E-state index in [2.05, 4.69) is 70.1 Å². The van der Waals surface area contributed by atoms with Crippen LogP contribution in [0.5, 0.6) is 11.5 Å². The molecule has 0 amide bonds. The monoisotopic (exact) mass is 497 g/mol. The Kier molecular flexibility index (Phi) is 7.76. The van der Waals surface area contributed by atoms with Gasteiger partial charge in [0, 0.05) is 41.2 Å². The number of methoxy groups -OCH3 is 1. The van der Waals surface area contributed by atoms with Gasteiger partial charge in [-0.15, -0.1) is 0 Å². The average Bonchev–Trinajstić information content (AvgIpc) is 3.56. The van der Waals surface area contributed by atoms with Gasteiger partial charge in [-0.2, -0.15) is 0 Å². The number of hydrogen-bond acceptors (Lipinski definition) is 5. The Labute approximate surface area is 218 Å². The van der Waals surface area contributed by atoms with Crippen LogP contribution < -0.4 is 14.6 Å². The summed E-state index contributed by atoms with van der Waals surface area (Å²) in [4.78, 5) is 13.1. The van der Waals surface area contributed by atoms with E-state index in [-0.39, 0.29) is 6.42 Å². The van der Waals surface area contributed by atoms with Crippen LogP contribution in [0.4, 0.5) is 0 Å². The lowest BCUT2D eigenvalue weighted by Gasteiger charge is -2.18. The van der Waals surface area contributed by atoms with Gasteiger partial charge in [0.05, 0.1) is 13.7 Å². The van der Waals surface area contributed by atoms with Crippen LogP contribution in [-0.2, 0) is 17.9 Å². The first kappa shape index (κ1) is 24.9. The van der Waals surface area contributed by atoms with Crippen molar-refractivity contribution in [3.63, 3.8) is 0 Å². The number of carboxylic acids is 1. The molecule has 0 bridgehead atoms. The number of carbonyl (C=O) groups excluding carboxylic acids is 1. The van der Waals surface area contributed by atoms with Crippen molar-refractivity contribution in [2.24, 2.45) is 0 Å². The zero-order chi connectivity index (χ0) is 25.6. The van der Waals surface area contributed by atoms with Crippen molar-refractivity contribution >= 4 is 16.9 Å². The van der Waals surface area contributed by atoms with Gasteiger partial charge in [0.25, 0.3) is 0 Å². The van der Waals surface area contributed by atoms with E-state index in [1.165, 1.54) is 34.9 Å². The maximum absolute atomic E-state index is 10.6. The summed E-state index contributed by atoms with van der Waals surface area (Å²) in [6.45, 7) is 4.33. The van der Waals surface area contributed by atoms with Crippen LogP contribution in [0.15, 0.2) is 72.8 Å². The number of benzene rings is 3. The minimum absolute atomic E-state index is 0.00219. The van der Waals surface area contributed by atoms with Gasteiger partial charge in [-0.3, -0.25) is 4.90 Å². The van der Waals surface area contributed by atoms with Crippen molar-refractivity contribution in [3.05, 3.63) is 83.9 Å². The summed E-state index contributed by atoms with van der Waals surface area (Å²) in [5.74, 6) is 0.622. The van der Waals surface area contributed by atoms with Crippen LogP contribution in [-0.4, -0.2) is 42.2 Å². The third-order valence-electron chi connectivity index (χ3n) is 7.04. The van der Waals surface area contributed by atoms with Crippen LogP contribution >= 0.6 is 0 Å². The van der Waals surface area contributed by atoms with E-state index in [1.54, 1.807) is 7.11 Å². The zero-order valence-corrected chi connectivity index (χ0v) is 21.3.